The standard InChI is InChI=1S/C56H90O4/c1-11-15-19-23-27-31-39-57-51-44-49(37-38-55(5,6)7)52(58-40-32-28-24-20-16-12-2)43-47(51)35-36-48-45-54(60-42-34-30-26-22-18-14-4)50(56(8,9)10)46-53(48)59-41-33-29-25-21-17-13-3/h43-46H,11-34,39-42H2,1-10H3. The zero-order chi connectivity index (χ0) is 43.9. The fourth-order valence-corrected chi connectivity index (χ4v) is 7.12. The Labute approximate surface area is 371 Å². The van der Waals surface area contributed by atoms with E-state index >= 15 is 0 Å². The van der Waals surface area contributed by atoms with Crippen LogP contribution in [0.25, 0.3) is 0 Å². The van der Waals surface area contributed by atoms with Crippen molar-refractivity contribution in [1.29, 1.82) is 0 Å². The molecule has 0 unspecified atom stereocenters. The van der Waals surface area contributed by atoms with Gasteiger partial charge in [0.1, 0.15) is 23.0 Å². The van der Waals surface area contributed by atoms with E-state index in [1.807, 2.05) is 0 Å². The van der Waals surface area contributed by atoms with E-state index in [4.69, 9.17) is 18.9 Å². The summed E-state index contributed by atoms with van der Waals surface area (Å²) in [6.07, 6.45) is 29.2. The Morgan fingerprint density at radius 1 is 0.350 bits per heavy atom. The van der Waals surface area contributed by atoms with Crippen LogP contribution >= 0.6 is 0 Å². The lowest BCUT2D eigenvalue weighted by molar-refractivity contribution is 0.289. The quantitative estimate of drug-likeness (QED) is 0.0544. The third-order valence-corrected chi connectivity index (χ3v) is 10.9. The van der Waals surface area contributed by atoms with Crippen molar-refractivity contribution >= 4 is 0 Å². The van der Waals surface area contributed by atoms with Crippen LogP contribution in [0.4, 0.5) is 0 Å². The van der Waals surface area contributed by atoms with Gasteiger partial charge in [0.05, 0.1) is 43.1 Å². The number of hydrogen-bond donors (Lipinski definition) is 0. The van der Waals surface area contributed by atoms with Crippen molar-refractivity contribution in [1.82, 2.24) is 0 Å². The van der Waals surface area contributed by atoms with Gasteiger partial charge in [0.15, 0.2) is 0 Å². The fourth-order valence-electron chi connectivity index (χ4n) is 7.12. The molecular formula is C56H90O4. The van der Waals surface area contributed by atoms with E-state index in [0.29, 0.717) is 26.4 Å². The Hall–Kier alpha value is -3.24. The topological polar surface area (TPSA) is 36.9 Å². The van der Waals surface area contributed by atoms with Gasteiger partial charge < -0.3 is 18.9 Å². The van der Waals surface area contributed by atoms with Gasteiger partial charge >= 0.3 is 0 Å². The number of benzene rings is 2. The molecule has 338 valence electrons. The highest BCUT2D eigenvalue weighted by atomic mass is 16.5. The predicted octanol–water partition coefficient (Wildman–Crippen LogP) is 16.7. The van der Waals surface area contributed by atoms with Crippen LogP contribution in [0.15, 0.2) is 24.3 Å². The normalized spacial score (nSPS) is 11.4. The number of unbranched alkanes of at least 4 members (excludes halogenated alkanes) is 20. The van der Waals surface area contributed by atoms with Crippen LogP contribution in [-0.4, -0.2) is 26.4 Å². The highest BCUT2D eigenvalue weighted by Crippen LogP contribution is 2.38. The zero-order valence-corrected chi connectivity index (χ0v) is 40.7. The number of rotatable bonds is 32. The van der Waals surface area contributed by atoms with Crippen LogP contribution < -0.4 is 18.9 Å². The van der Waals surface area contributed by atoms with Gasteiger partial charge in [-0.2, -0.15) is 0 Å². The molecule has 0 bridgehead atoms. The maximum atomic E-state index is 6.63. The second kappa shape index (κ2) is 31.6. The molecule has 0 saturated heterocycles. The first-order valence-corrected chi connectivity index (χ1v) is 24.9. The molecule has 0 N–H and O–H groups in total. The molecule has 0 aromatic heterocycles. The summed E-state index contributed by atoms with van der Waals surface area (Å²) < 4.78 is 26.4. The van der Waals surface area contributed by atoms with E-state index in [2.05, 4.69) is 117 Å². The molecule has 4 nitrogen and oxygen atoms in total. The zero-order valence-electron chi connectivity index (χ0n) is 40.7. The summed E-state index contributed by atoms with van der Waals surface area (Å²) in [4.78, 5) is 0. The summed E-state index contributed by atoms with van der Waals surface area (Å²) in [7, 11) is 0. The van der Waals surface area contributed by atoms with Gasteiger partial charge in [-0.3, -0.25) is 0 Å². The SMILES string of the molecule is CCCCCCCCOc1cc(C#CC(C)(C)C)c(OCCCCCCCC)cc1C#Cc1cc(OCCCCCCCC)c(C(C)(C)C)cc1OCCCCCCCC. The molecule has 0 radical (unpaired) electrons. The maximum Gasteiger partial charge on any atom is 0.136 e. The average molecular weight is 827 g/mol. The summed E-state index contributed by atoms with van der Waals surface area (Å²) in [6.45, 7) is 25.0. The van der Waals surface area contributed by atoms with Crippen LogP contribution in [-0.2, 0) is 5.41 Å². The lowest BCUT2D eigenvalue weighted by Crippen LogP contribution is -2.15. The van der Waals surface area contributed by atoms with Gasteiger partial charge in [-0.15, -0.1) is 0 Å². The number of hydrogen-bond acceptors (Lipinski definition) is 4. The van der Waals surface area contributed by atoms with Gasteiger partial charge in [-0.25, -0.2) is 0 Å². The first-order valence-electron chi connectivity index (χ1n) is 24.9. The van der Waals surface area contributed by atoms with E-state index in [-0.39, 0.29) is 10.8 Å². The number of ether oxygens (including phenoxy) is 4. The van der Waals surface area contributed by atoms with Crippen LogP contribution in [0.3, 0.4) is 0 Å². The highest BCUT2D eigenvalue weighted by molar-refractivity contribution is 5.62. The van der Waals surface area contributed by atoms with Gasteiger partial charge in [-0.05, 0) is 64.0 Å². The summed E-state index contributed by atoms with van der Waals surface area (Å²) in [5.74, 6) is 17.4. The van der Waals surface area contributed by atoms with Gasteiger partial charge in [-0.1, -0.05) is 201 Å². The molecule has 0 aliphatic carbocycles. The first-order chi connectivity index (χ1) is 28.9. The second-order valence-corrected chi connectivity index (χ2v) is 19.2. The summed E-state index contributed by atoms with van der Waals surface area (Å²) in [5.41, 5.74) is 3.42. The van der Waals surface area contributed by atoms with E-state index in [1.54, 1.807) is 0 Å². The third-order valence-electron chi connectivity index (χ3n) is 10.9. The molecule has 2 rings (SSSR count). The van der Waals surface area contributed by atoms with Crippen molar-refractivity contribution in [3.63, 3.8) is 0 Å². The van der Waals surface area contributed by atoms with E-state index in [1.165, 1.54) is 122 Å². The minimum atomic E-state index is -0.144. The first kappa shape index (κ1) is 52.9. The predicted molar refractivity (Wildman–Crippen MR) is 259 cm³/mol. The Balaban J connectivity index is 2.62. The molecule has 0 fully saturated rings. The monoisotopic (exact) mass is 827 g/mol. The Morgan fingerprint density at radius 3 is 0.967 bits per heavy atom. The van der Waals surface area contributed by atoms with Crippen LogP contribution in [0, 0.1) is 29.1 Å². The smallest absolute Gasteiger partial charge is 0.136 e. The van der Waals surface area contributed by atoms with E-state index in [0.717, 1.165) is 77.4 Å². The molecule has 0 aliphatic heterocycles. The summed E-state index contributed by atoms with van der Waals surface area (Å²) in [6, 6.07) is 8.48. The molecule has 2 aromatic carbocycles. The van der Waals surface area contributed by atoms with Crippen LogP contribution in [0.1, 0.15) is 246 Å². The minimum Gasteiger partial charge on any atom is -0.493 e. The summed E-state index contributed by atoms with van der Waals surface area (Å²) >= 11 is 0. The van der Waals surface area contributed by atoms with Gasteiger partial charge in [0.2, 0.25) is 0 Å². The Morgan fingerprint density at radius 2 is 0.633 bits per heavy atom. The molecule has 2 aromatic rings. The van der Waals surface area contributed by atoms with Crippen molar-refractivity contribution < 1.29 is 18.9 Å². The van der Waals surface area contributed by atoms with E-state index in [9.17, 15) is 0 Å². The lowest BCUT2D eigenvalue weighted by atomic mass is 9.85. The van der Waals surface area contributed by atoms with Gasteiger partial charge in [0, 0.05) is 23.1 Å². The van der Waals surface area contributed by atoms with Crippen LogP contribution in [0.5, 0.6) is 23.0 Å². The molecule has 4 heteroatoms. The summed E-state index contributed by atoms with van der Waals surface area (Å²) in [5, 5.41) is 0. The fraction of sp³-hybridized carbons (Fsp3) is 0.714. The molecule has 0 aliphatic rings. The molecule has 60 heavy (non-hydrogen) atoms. The Kier molecular flexibility index (Phi) is 27.8. The highest BCUT2D eigenvalue weighted by Gasteiger charge is 2.22. The van der Waals surface area contributed by atoms with Crippen molar-refractivity contribution in [3.05, 3.63) is 46.5 Å². The lowest BCUT2D eigenvalue weighted by Gasteiger charge is -2.24. The van der Waals surface area contributed by atoms with Crippen molar-refractivity contribution in [2.75, 3.05) is 26.4 Å². The molecule has 0 saturated carbocycles. The van der Waals surface area contributed by atoms with Crippen molar-refractivity contribution in [2.24, 2.45) is 5.41 Å². The molecule has 0 amide bonds. The Bertz CT molecular complexity index is 1550. The molecule has 0 atom stereocenters. The largest absolute Gasteiger partial charge is 0.493 e. The molecular weight excluding hydrogens is 737 g/mol. The van der Waals surface area contributed by atoms with Crippen molar-refractivity contribution in [3.8, 4) is 46.7 Å². The minimum absolute atomic E-state index is 0.121. The molecule has 0 heterocycles. The third kappa shape index (κ3) is 23.7. The van der Waals surface area contributed by atoms with Gasteiger partial charge in [0.25, 0.3) is 0 Å². The van der Waals surface area contributed by atoms with Crippen molar-refractivity contribution in [2.45, 2.75) is 229 Å². The maximum absolute atomic E-state index is 6.63. The molecule has 0 spiro atoms. The average Bonchev–Trinajstić information content (AvgIpc) is 3.21. The van der Waals surface area contributed by atoms with E-state index < -0.39 is 0 Å². The second-order valence-electron chi connectivity index (χ2n) is 19.2. The van der Waals surface area contributed by atoms with Crippen LogP contribution in [0.2, 0.25) is 0 Å².